The minimum absolute atomic E-state index is 0.112. The molecule has 2 aromatic rings. The van der Waals surface area contributed by atoms with Crippen LogP contribution in [0.1, 0.15) is 24.1 Å². The third kappa shape index (κ3) is 4.70. The van der Waals surface area contributed by atoms with Gasteiger partial charge >= 0.3 is 0 Å². The van der Waals surface area contributed by atoms with Crippen molar-refractivity contribution in [2.45, 2.75) is 24.3 Å². The fourth-order valence-corrected chi connectivity index (χ4v) is 4.24. The van der Waals surface area contributed by atoms with Crippen molar-refractivity contribution in [3.05, 3.63) is 53.6 Å². The fourth-order valence-electron chi connectivity index (χ4n) is 3.20. The number of nitrogens with one attached hydrogen (secondary N) is 2. The minimum atomic E-state index is -3.67. The summed E-state index contributed by atoms with van der Waals surface area (Å²) >= 11 is 0. The van der Waals surface area contributed by atoms with Crippen molar-refractivity contribution in [2.75, 3.05) is 32.6 Å². The summed E-state index contributed by atoms with van der Waals surface area (Å²) in [6.07, 6.45) is 0.871. The molecule has 0 aliphatic carbocycles. The molecule has 0 spiro atoms. The average molecular weight is 404 g/mol. The Kier molecular flexibility index (Phi) is 6.02. The quantitative estimate of drug-likeness (QED) is 0.740. The highest BCUT2D eigenvalue weighted by atomic mass is 32.2. The highest BCUT2D eigenvalue weighted by Crippen LogP contribution is 2.29. The number of hydrogen-bond donors (Lipinski definition) is 2. The summed E-state index contributed by atoms with van der Waals surface area (Å²) in [6.45, 7) is 2.33. The molecule has 0 aromatic heterocycles. The van der Waals surface area contributed by atoms with Crippen molar-refractivity contribution >= 4 is 21.6 Å². The molecule has 2 aromatic carbocycles. The lowest BCUT2D eigenvalue weighted by molar-refractivity contribution is -0.114. The van der Waals surface area contributed by atoms with E-state index in [1.807, 2.05) is 31.1 Å². The zero-order valence-corrected chi connectivity index (χ0v) is 17.0. The molecule has 7 nitrogen and oxygen atoms in total. The summed E-state index contributed by atoms with van der Waals surface area (Å²) in [5.74, 6) is 0.698. The summed E-state index contributed by atoms with van der Waals surface area (Å²) < 4.78 is 33.6. The van der Waals surface area contributed by atoms with Gasteiger partial charge in [-0.2, -0.15) is 0 Å². The number of likely N-dealkylation sites (N-methyl/N-ethyl adjacent to an activating group) is 1. The van der Waals surface area contributed by atoms with Crippen molar-refractivity contribution in [3.63, 3.8) is 0 Å². The first-order chi connectivity index (χ1) is 13.3. The number of nitrogens with zero attached hydrogens (tertiary/aromatic N) is 1. The Hall–Kier alpha value is -2.42. The molecule has 1 heterocycles. The van der Waals surface area contributed by atoms with E-state index in [1.54, 1.807) is 12.1 Å². The number of fused-ring (bicyclic) bond motifs is 1. The van der Waals surface area contributed by atoms with Gasteiger partial charge in [-0.1, -0.05) is 12.1 Å². The number of amides is 1. The van der Waals surface area contributed by atoms with E-state index in [1.165, 1.54) is 19.1 Å². The van der Waals surface area contributed by atoms with Gasteiger partial charge < -0.3 is 15.0 Å². The van der Waals surface area contributed by atoms with Gasteiger partial charge in [-0.05, 0) is 55.6 Å². The highest BCUT2D eigenvalue weighted by Gasteiger charge is 2.22. The van der Waals surface area contributed by atoms with Crippen LogP contribution >= 0.6 is 0 Å². The van der Waals surface area contributed by atoms with E-state index in [-0.39, 0.29) is 23.4 Å². The van der Waals surface area contributed by atoms with Crippen LogP contribution in [0.2, 0.25) is 0 Å². The van der Waals surface area contributed by atoms with E-state index in [4.69, 9.17) is 4.74 Å². The molecule has 0 bridgehead atoms. The standard InChI is InChI=1S/C20H25N3O4S/c1-14(24)22-17-5-7-18(8-6-17)28(25,26)21-13-19(23(2)3)15-4-9-20-16(12-15)10-11-27-20/h4-9,12,19,21H,10-11,13H2,1-3H3,(H,22,24). The Morgan fingerprint density at radius 3 is 2.54 bits per heavy atom. The van der Waals surface area contributed by atoms with Gasteiger partial charge in [0.25, 0.3) is 0 Å². The van der Waals surface area contributed by atoms with E-state index >= 15 is 0 Å². The van der Waals surface area contributed by atoms with Crippen molar-refractivity contribution in [3.8, 4) is 5.75 Å². The Balaban J connectivity index is 1.73. The second-order valence-corrected chi connectivity index (χ2v) is 8.77. The summed E-state index contributed by atoms with van der Waals surface area (Å²) in [5, 5.41) is 2.62. The average Bonchev–Trinajstić information content (AvgIpc) is 3.09. The monoisotopic (exact) mass is 403 g/mol. The van der Waals surface area contributed by atoms with Crippen LogP contribution in [0, 0.1) is 0 Å². The first-order valence-corrected chi connectivity index (χ1v) is 10.5. The normalized spacial score (nSPS) is 14.4. The Labute approximate surface area is 165 Å². The topological polar surface area (TPSA) is 87.7 Å². The number of carbonyl (C=O) groups is 1. The van der Waals surface area contributed by atoms with Crippen LogP contribution in [0.5, 0.6) is 5.75 Å². The lowest BCUT2D eigenvalue weighted by atomic mass is 10.0. The van der Waals surface area contributed by atoms with Crippen molar-refractivity contribution in [1.29, 1.82) is 0 Å². The number of sulfonamides is 1. The van der Waals surface area contributed by atoms with E-state index in [0.29, 0.717) is 12.3 Å². The molecule has 1 amide bonds. The molecule has 0 radical (unpaired) electrons. The van der Waals surface area contributed by atoms with Crippen LogP contribution < -0.4 is 14.8 Å². The van der Waals surface area contributed by atoms with Crippen LogP contribution in [-0.2, 0) is 21.2 Å². The highest BCUT2D eigenvalue weighted by molar-refractivity contribution is 7.89. The maximum atomic E-state index is 12.7. The molecule has 1 aliphatic heterocycles. The second-order valence-electron chi connectivity index (χ2n) is 7.00. The molecule has 3 rings (SSSR count). The first-order valence-electron chi connectivity index (χ1n) is 9.05. The number of anilines is 1. The molecule has 1 atom stereocenters. The van der Waals surface area contributed by atoms with E-state index in [0.717, 1.165) is 23.3 Å². The predicted octanol–water partition coefficient (Wildman–Crippen LogP) is 2.16. The first kappa shape index (κ1) is 20.3. The molecule has 0 saturated carbocycles. The molecule has 1 aliphatic rings. The second kappa shape index (κ2) is 8.30. The van der Waals surface area contributed by atoms with Crippen LogP contribution in [0.4, 0.5) is 5.69 Å². The third-order valence-corrected chi connectivity index (χ3v) is 6.11. The minimum Gasteiger partial charge on any atom is -0.493 e. The maximum Gasteiger partial charge on any atom is 0.240 e. The number of rotatable bonds is 7. The van der Waals surface area contributed by atoms with Crippen LogP contribution in [0.25, 0.3) is 0 Å². The summed E-state index contributed by atoms with van der Waals surface area (Å²) in [5.41, 5.74) is 2.75. The summed E-state index contributed by atoms with van der Waals surface area (Å²) in [7, 11) is 0.175. The molecule has 2 N–H and O–H groups in total. The number of hydrogen-bond acceptors (Lipinski definition) is 5. The van der Waals surface area contributed by atoms with Crippen molar-refractivity contribution in [2.24, 2.45) is 0 Å². The van der Waals surface area contributed by atoms with Gasteiger partial charge in [-0.15, -0.1) is 0 Å². The van der Waals surface area contributed by atoms with E-state index in [2.05, 4.69) is 16.1 Å². The lowest BCUT2D eigenvalue weighted by Gasteiger charge is -2.25. The molecular formula is C20H25N3O4S. The molecule has 28 heavy (non-hydrogen) atoms. The maximum absolute atomic E-state index is 12.7. The number of benzene rings is 2. The molecule has 0 fully saturated rings. The van der Waals surface area contributed by atoms with Crippen LogP contribution in [0.3, 0.4) is 0 Å². The summed E-state index contributed by atoms with van der Waals surface area (Å²) in [6, 6.07) is 12.0. The Morgan fingerprint density at radius 2 is 1.89 bits per heavy atom. The van der Waals surface area contributed by atoms with Gasteiger partial charge in [-0.3, -0.25) is 4.79 Å². The van der Waals surface area contributed by atoms with Crippen molar-refractivity contribution < 1.29 is 17.9 Å². The van der Waals surface area contributed by atoms with Gasteiger partial charge in [0.05, 0.1) is 11.5 Å². The van der Waals surface area contributed by atoms with Gasteiger partial charge in [0.2, 0.25) is 15.9 Å². The van der Waals surface area contributed by atoms with Gasteiger partial charge in [0, 0.05) is 31.6 Å². The van der Waals surface area contributed by atoms with Crippen LogP contribution in [-0.4, -0.2) is 46.5 Å². The SMILES string of the molecule is CC(=O)Nc1ccc(S(=O)(=O)NCC(c2ccc3c(c2)CCO3)N(C)C)cc1. The summed E-state index contributed by atoms with van der Waals surface area (Å²) in [4.78, 5) is 13.2. The zero-order valence-electron chi connectivity index (χ0n) is 16.2. The smallest absolute Gasteiger partial charge is 0.240 e. The zero-order chi connectivity index (χ0) is 20.3. The molecule has 0 saturated heterocycles. The largest absolute Gasteiger partial charge is 0.493 e. The Bertz CT molecular complexity index is 956. The number of carbonyl (C=O) groups excluding carboxylic acids is 1. The number of ether oxygens (including phenoxy) is 1. The fraction of sp³-hybridized carbons (Fsp3) is 0.350. The van der Waals surface area contributed by atoms with Crippen LogP contribution in [0.15, 0.2) is 47.4 Å². The van der Waals surface area contributed by atoms with E-state index in [9.17, 15) is 13.2 Å². The Morgan fingerprint density at radius 1 is 1.18 bits per heavy atom. The van der Waals surface area contributed by atoms with Gasteiger partial charge in [0.15, 0.2) is 0 Å². The van der Waals surface area contributed by atoms with E-state index < -0.39 is 10.0 Å². The van der Waals surface area contributed by atoms with Gasteiger partial charge in [-0.25, -0.2) is 13.1 Å². The molecular weight excluding hydrogens is 378 g/mol. The lowest BCUT2D eigenvalue weighted by Crippen LogP contribution is -2.34. The molecule has 8 heteroatoms. The molecule has 150 valence electrons. The third-order valence-electron chi connectivity index (χ3n) is 4.67. The predicted molar refractivity (Wildman–Crippen MR) is 108 cm³/mol. The van der Waals surface area contributed by atoms with Gasteiger partial charge in [0.1, 0.15) is 5.75 Å². The van der Waals surface area contributed by atoms with Crippen molar-refractivity contribution in [1.82, 2.24) is 9.62 Å². The molecule has 1 unspecified atom stereocenters.